The fourth-order valence-electron chi connectivity index (χ4n) is 3.81. The van der Waals surface area contributed by atoms with Gasteiger partial charge in [0.1, 0.15) is 17.0 Å². The first-order valence-corrected chi connectivity index (χ1v) is 10.7. The molecular formula is C22H23ClN2O2S. The Bertz CT molecular complexity index is 957. The van der Waals surface area contributed by atoms with Gasteiger partial charge in [0.25, 0.3) is 0 Å². The van der Waals surface area contributed by atoms with Crippen molar-refractivity contribution >= 4 is 39.4 Å². The first-order valence-electron chi connectivity index (χ1n) is 9.54. The summed E-state index contributed by atoms with van der Waals surface area (Å²) < 4.78 is 6.34. The van der Waals surface area contributed by atoms with Crippen LogP contribution in [-0.4, -0.2) is 36.4 Å². The fourth-order valence-corrected chi connectivity index (χ4v) is 5.20. The minimum absolute atomic E-state index is 0.109. The molecule has 0 bridgehead atoms. The third-order valence-electron chi connectivity index (χ3n) is 5.45. The van der Waals surface area contributed by atoms with Gasteiger partial charge in [-0.2, -0.15) is 0 Å². The Morgan fingerprint density at radius 1 is 1.29 bits per heavy atom. The van der Waals surface area contributed by atoms with E-state index in [9.17, 15) is 4.79 Å². The molecule has 4 rings (SSSR count). The van der Waals surface area contributed by atoms with Crippen molar-refractivity contribution in [3.8, 4) is 5.75 Å². The zero-order valence-electron chi connectivity index (χ0n) is 15.8. The van der Waals surface area contributed by atoms with Crippen LogP contribution in [0.2, 0.25) is 5.02 Å². The molecule has 4 nitrogen and oxygen atoms in total. The normalized spacial score (nSPS) is 20.4. The summed E-state index contributed by atoms with van der Waals surface area (Å²) in [5.74, 6) is 0.986. The molecule has 0 radical (unpaired) electrons. The maximum atomic E-state index is 11.4. The number of carbonyl (C=O) groups excluding carboxylic acids is 1. The van der Waals surface area contributed by atoms with Crippen molar-refractivity contribution in [1.82, 2.24) is 9.88 Å². The number of methoxy groups -OCH3 is 1. The Hall–Kier alpha value is -1.95. The number of likely N-dealkylation sites (tertiary alicyclic amines) is 1. The van der Waals surface area contributed by atoms with Gasteiger partial charge in [-0.1, -0.05) is 23.7 Å². The summed E-state index contributed by atoms with van der Waals surface area (Å²) in [6.07, 6.45) is 3.82. The summed E-state index contributed by atoms with van der Waals surface area (Å²) in [6, 6.07) is 14.2. The van der Waals surface area contributed by atoms with E-state index in [2.05, 4.69) is 17.0 Å². The number of nitrogens with zero attached hydrogens (tertiary/aromatic N) is 2. The largest absolute Gasteiger partial charge is 0.497 e. The standard InChI is InChI=1S/C22H23ClN2O2S/c1-27-18-5-2-15(3-6-18)8-10-25-11-9-16(14-26)12-20(25)22-24-19-7-4-17(23)13-21(19)28-22/h2-7,13-14,16,20H,8-12H2,1H3. The molecule has 0 aliphatic carbocycles. The van der Waals surface area contributed by atoms with E-state index in [0.717, 1.165) is 64.6 Å². The van der Waals surface area contributed by atoms with Crippen LogP contribution in [0.5, 0.6) is 5.75 Å². The third kappa shape index (κ3) is 4.22. The number of halogens is 1. The second kappa shape index (κ2) is 8.60. The Morgan fingerprint density at radius 2 is 2.11 bits per heavy atom. The number of benzene rings is 2. The quantitative estimate of drug-likeness (QED) is 0.523. The molecule has 0 spiro atoms. The van der Waals surface area contributed by atoms with Crippen molar-refractivity contribution in [2.45, 2.75) is 25.3 Å². The van der Waals surface area contributed by atoms with Crippen molar-refractivity contribution in [3.05, 3.63) is 58.1 Å². The van der Waals surface area contributed by atoms with Gasteiger partial charge in [-0.3, -0.25) is 4.90 Å². The number of ether oxygens (including phenoxy) is 1. The first-order chi connectivity index (χ1) is 13.7. The van der Waals surface area contributed by atoms with Gasteiger partial charge < -0.3 is 9.53 Å². The molecule has 2 aromatic carbocycles. The smallest absolute Gasteiger partial charge is 0.123 e. The number of aromatic nitrogens is 1. The fraction of sp³-hybridized carbons (Fsp3) is 0.364. The highest BCUT2D eigenvalue weighted by Crippen LogP contribution is 2.38. The van der Waals surface area contributed by atoms with E-state index in [4.69, 9.17) is 21.3 Å². The van der Waals surface area contributed by atoms with Gasteiger partial charge in [0, 0.05) is 17.5 Å². The Balaban J connectivity index is 1.54. The lowest BCUT2D eigenvalue weighted by Gasteiger charge is -2.37. The predicted octanol–water partition coefficient (Wildman–Crippen LogP) is 5.15. The summed E-state index contributed by atoms with van der Waals surface area (Å²) >= 11 is 7.83. The zero-order valence-corrected chi connectivity index (χ0v) is 17.4. The highest BCUT2D eigenvalue weighted by Gasteiger charge is 2.31. The van der Waals surface area contributed by atoms with Crippen molar-refractivity contribution in [3.63, 3.8) is 0 Å². The van der Waals surface area contributed by atoms with E-state index in [0.29, 0.717) is 0 Å². The number of hydrogen-bond acceptors (Lipinski definition) is 5. The summed E-state index contributed by atoms with van der Waals surface area (Å²) in [6.45, 7) is 1.86. The maximum Gasteiger partial charge on any atom is 0.123 e. The van der Waals surface area contributed by atoms with Crippen molar-refractivity contribution in [2.75, 3.05) is 20.2 Å². The molecule has 1 aromatic heterocycles. The molecule has 0 N–H and O–H groups in total. The third-order valence-corrected chi connectivity index (χ3v) is 6.80. The lowest BCUT2D eigenvalue weighted by atomic mass is 9.92. The van der Waals surface area contributed by atoms with E-state index in [-0.39, 0.29) is 12.0 Å². The van der Waals surface area contributed by atoms with Crippen LogP contribution >= 0.6 is 22.9 Å². The van der Waals surface area contributed by atoms with E-state index >= 15 is 0 Å². The van der Waals surface area contributed by atoms with Crippen LogP contribution in [0.25, 0.3) is 10.2 Å². The molecule has 1 aliphatic heterocycles. The van der Waals surface area contributed by atoms with Crippen LogP contribution in [0.4, 0.5) is 0 Å². The van der Waals surface area contributed by atoms with E-state index in [1.807, 2.05) is 30.3 Å². The number of thiazole rings is 1. The number of hydrogen-bond donors (Lipinski definition) is 0. The van der Waals surface area contributed by atoms with Crippen LogP contribution in [0.1, 0.15) is 29.5 Å². The summed E-state index contributed by atoms with van der Waals surface area (Å²) in [7, 11) is 1.68. The second-order valence-electron chi connectivity index (χ2n) is 7.23. The Morgan fingerprint density at radius 3 is 2.86 bits per heavy atom. The van der Waals surface area contributed by atoms with Crippen LogP contribution in [0, 0.1) is 5.92 Å². The number of carbonyl (C=O) groups is 1. The monoisotopic (exact) mass is 414 g/mol. The molecular weight excluding hydrogens is 392 g/mol. The minimum Gasteiger partial charge on any atom is -0.497 e. The molecule has 0 amide bonds. The van der Waals surface area contributed by atoms with E-state index in [1.165, 1.54) is 5.56 Å². The molecule has 28 heavy (non-hydrogen) atoms. The SMILES string of the molecule is COc1ccc(CCN2CCC(C=O)CC2c2nc3ccc(Cl)cc3s2)cc1. The average Bonchev–Trinajstić information content (AvgIpc) is 3.15. The van der Waals surface area contributed by atoms with E-state index < -0.39 is 0 Å². The molecule has 2 unspecified atom stereocenters. The number of fused-ring (bicyclic) bond motifs is 1. The first kappa shape index (κ1) is 19.4. The van der Waals surface area contributed by atoms with Crippen LogP contribution in [-0.2, 0) is 11.2 Å². The molecule has 3 aromatic rings. The van der Waals surface area contributed by atoms with Gasteiger partial charge >= 0.3 is 0 Å². The van der Waals surface area contributed by atoms with Crippen LogP contribution in [0.15, 0.2) is 42.5 Å². The zero-order chi connectivity index (χ0) is 19.5. The molecule has 1 aliphatic rings. The molecule has 2 atom stereocenters. The van der Waals surface area contributed by atoms with Crippen LogP contribution in [0.3, 0.4) is 0 Å². The lowest BCUT2D eigenvalue weighted by Crippen LogP contribution is -2.38. The molecule has 2 heterocycles. The van der Waals surface area contributed by atoms with Gasteiger partial charge in [-0.25, -0.2) is 4.98 Å². The highest BCUT2D eigenvalue weighted by atomic mass is 35.5. The lowest BCUT2D eigenvalue weighted by molar-refractivity contribution is -0.113. The molecule has 1 fully saturated rings. The average molecular weight is 415 g/mol. The maximum absolute atomic E-state index is 11.4. The Labute approximate surface area is 174 Å². The minimum atomic E-state index is 0.109. The van der Waals surface area contributed by atoms with Gasteiger partial charge in [-0.15, -0.1) is 11.3 Å². The summed E-state index contributed by atoms with van der Waals surface area (Å²) in [4.78, 5) is 18.8. The Kier molecular flexibility index (Phi) is 5.95. The van der Waals surface area contributed by atoms with Gasteiger partial charge in [0.15, 0.2) is 0 Å². The van der Waals surface area contributed by atoms with E-state index in [1.54, 1.807) is 18.4 Å². The summed E-state index contributed by atoms with van der Waals surface area (Å²) in [5, 5.41) is 1.81. The second-order valence-corrected chi connectivity index (χ2v) is 8.73. The number of piperidine rings is 1. The molecule has 146 valence electrons. The number of aldehydes is 1. The van der Waals surface area contributed by atoms with Crippen LogP contribution < -0.4 is 4.74 Å². The highest BCUT2D eigenvalue weighted by molar-refractivity contribution is 7.18. The van der Waals surface area contributed by atoms with Gasteiger partial charge in [0.2, 0.25) is 0 Å². The van der Waals surface area contributed by atoms with Crippen molar-refractivity contribution in [1.29, 1.82) is 0 Å². The molecule has 6 heteroatoms. The summed E-state index contributed by atoms with van der Waals surface area (Å²) in [5.41, 5.74) is 2.26. The topological polar surface area (TPSA) is 42.4 Å². The van der Waals surface area contributed by atoms with Crippen molar-refractivity contribution in [2.24, 2.45) is 5.92 Å². The molecule has 1 saturated heterocycles. The molecule has 0 saturated carbocycles. The van der Waals surface area contributed by atoms with Crippen molar-refractivity contribution < 1.29 is 9.53 Å². The van der Waals surface area contributed by atoms with Gasteiger partial charge in [0.05, 0.1) is 23.4 Å². The van der Waals surface area contributed by atoms with Gasteiger partial charge in [-0.05, 0) is 61.7 Å². The predicted molar refractivity (Wildman–Crippen MR) is 114 cm³/mol. The number of rotatable bonds is 6.